The molecule has 0 aliphatic heterocycles. The van der Waals surface area contributed by atoms with E-state index in [0.717, 1.165) is 96.3 Å². The molecule has 0 aliphatic rings. The van der Waals surface area contributed by atoms with Crippen molar-refractivity contribution in [1.29, 1.82) is 0 Å². The highest BCUT2D eigenvalue weighted by Crippen LogP contribution is 2.14. The summed E-state index contributed by atoms with van der Waals surface area (Å²) in [7, 11) is 0. The van der Waals surface area contributed by atoms with E-state index in [2.05, 4.69) is 69.4 Å². The predicted octanol–water partition coefficient (Wildman–Crippen LogP) is 16.6. The van der Waals surface area contributed by atoms with Crippen LogP contribution in [0.5, 0.6) is 0 Å². The van der Waals surface area contributed by atoms with Gasteiger partial charge in [-0.2, -0.15) is 0 Å². The first-order valence-corrected chi connectivity index (χ1v) is 25.3. The molecule has 62 heavy (non-hydrogen) atoms. The van der Waals surface area contributed by atoms with Crippen molar-refractivity contribution in [1.82, 2.24) is 0 Å². The summed E-state index contributed by atoms with van der Waals surface area (Å²) in [5, 5.41) is 0. The van der Waals surface area contributed by atoms with E-state index in [-0.39, 0.29) is 37.5 Å². The van der Waals surface area contributed by atoms with E-state index in [1.807, 2.05) is 48.6 Å². The van der Waals surface area contributed by atoms with Crippen LogP contribution in [0, 0.1) is 0 Å². The van der Waals surface area contributed by atoms with Crippen LogP contribution < -0.4 is 0 Å². The van der Waals surface area contributed by atoms with E-state index < -0.39 is 6.10 Å². The molecule has 0 aromatic rings. The Labute approximate surface area is 381 Å². The summed E-state index contributed by atoms with van der Waals surface area (Å²) in [6.45, 7) is 6.33. The number of carbonyl (C=O) groups is 3. The molecule has 0 heterocycles. The first kappa shape index (κ1) is 58.3. The number of ether oxygens (including phenoxy) is 3. The van der Waals surface area contributed by atoms with E-state index in [1.54, 1.807) is 0 Å². The van der Waals surface area contributed by atoms with Crippen molar-refractivity contribution in [2.75, 3.05) is 13.2 Å². The zero-order valence-electron chi connectivity index (χ0n) is 40.1. The molecule has 0 saturated carbocycles. The third kappa shape index (κ3) is 47.4. The Kier molecular flexibility index (Phi) is 47.0. The Balaban J connectivity index is 4.49. The molecule has 0 radical (unpaired) electrons. The van der Waals surface area contributed by atoms with Crippen LogP contribution in [-0.2, 0) is 28.6 Å². The molecule has 0 bridgehead atoms. The fraction of sp³-hybridized carbons (Fsp3) is 0.661. The Morgan fingerprint density at radius 1 is 0.355 bits per heavy atom. The Morgan fingerprint density at radius 2 is 0.710 bits per heavy atom. The monoisotopic (exact) mass is 861 g/mol. The standard InChI is InChI=1S/C56H92O6/c1-4-7-10-13-16-19-22-25-27-29-31-34-37-40-43-46-49-55(58)61-52-53(51-60-54(57)48-45-42-39-36-33-30-24-21-18-15-12-9-6-3)62-56(59)50-47-44-41-38-35-32-28-26-23-20-17-14-11-8-5-2/h7-8,10-11,14,16-17,19-20,23,25-28,32,35,53H,4-6,9,12-13,15,18,21-22,24,29-31,33-34,36-52H2,1-3H3/b10-7-,11-8-,17-14-,19-16-,23-20-,27-25-,28-26-,35-32-. The van der Waals surface area contributed by atoms with Crippen molar-refractivity contribution in [3.05, 3.63) is 97.2 Å². The molecule has 0 saturated heterocycles. The second kappa shape index (κ2) is 50.0. The van der Waals surface area contributed by atoms with Gasteiger partial charge in [0.05, 0.1) is 0 Å². The number of hydrogen-bond acceptors (Lipinski definition) is 6. The first-order valence-electron chi connectivity index (χ1n) is 25.3. The summed E-state index contributed by atoms with van der Waals surface area (Å²) in [5.41, 5.74) is 0. The molecule has 0 fully saturated rings. The molecule has 352 valence electrons. The molecule has 0 aliphatic carbocycles. The highest BCUT2D eigenvalue weighted by Gasteiger charge is 2.19. The van der Waals surface area contributed by atoms with Crippen molar-refractivity contribution in [3.8, 4) is 0 Å². The van der Waals surface area contributed by atoms with Crippen LogP contribution in [0.3, 0.4) is 0 Å². The molecule has 0 aromatic heterocycles. The van der Waals surface area contributed by atoms with Crippen LogP contribution in [0.1, 0.15) is 220 Å². The van der Waals surface area contributed by atoms with Crippen LogP contribution in [0.2, 0.25) is 0 Å². The quantitative estimate of drug-likeness (QED) is 0.0200. The van der Waals surface area contributed by atoms with Crippen LogP contribution in [0.4, 0.5) is 0 Å². The molecular formula is C56H92O6. The number of carbonyl (C=O) groups excluding carboxylic acids is 3. The molecule has 1 unspecified atom stereocenters. The fourth-order valence-corrected chi connectivity index (χ4v) is 6.71. The molecule has 0 aromatic carbocycles. The molecule has 0 amide bonds. The third-order valence-corrected chi connectivity index (χ3v) is 10.5. The zero-order valence-corrected chi connectivity index (χ0v) is 40.1. The maximum atomic E-state index is 12.8. The maximum Gasteiger partial charge on any atom is 0.306 e. The van der Waals surface area contributed by atoms with Crippen LogP contribution >= 0.6 is 0 Å². The second-order valence-corrected chi connectivity index (χ2v) is 16.4. The number of unbranched alkanes of at least 4 members (excludes halogenated alkanes) is 21. The van der Waals surface area contributed by atoms with E-state index in [1.165, 1.54) is 77.0 Å². The zero-order chi connectivity index (χ0) is 45.1. The largest absolute Gasteiger partial charge is 0.462 e. The number of esters is 3. The van der Waals surface area contributed by atoms with Gasteiger partial charge in [0, 0.05) is 19.3 Å². The van der Waals surface area contributed by atoms with Gasteiger partial charge < -0.3 is 14.2 Å². The topological polar surface area (TPSA) is 78.9 Å². The lowest BCUT2D eigenvalue weighted by molar-refractivity contribution is -0.167. The molecule has 0 N–H and O–H groups in total. The van der Waals surface area contributed by atoms with Crippen molar-refractivity contribution in [2.45, 2.75) is 226 Å². The lowest BCUT2D eigenvalue weighted by atomic mass is 10.0. The van der Waals surface area contributed by atoms with Crippen LogP contribution in [0.15, 0.2) is 97.2 Å². The van der Waals surface area contributed by atoms with Gasteiger partial charge in [-0.15, -0.1) is 0 Å². The maximum absolute atomic E-state index is 12.8. The normalized spacial score (nSPS) is 12.9. The van der Waals surface area contributed by atoms with Gasteiger partial charge >= 0.3 is 17.9 Å². The molecule has 0 spiro atoms. The lowest BCUT2D eigenvalue weighted by Gasteiger charge is -2.18. The highest BCUT2D eigenvalue weighted by molar-refractivity contribution is 5.71. The van der Waals surface area contributed by atoms with E-state index >= 15 is 0 Å². The summed E-state index contributed by atoms with van der Waals surface area (Å²) in [6, 6.07) is 0. The van der Waals surface area contributed by atoms with Gasteiger partial charge in [0.25, 0.3) is 0 Å². The Hall–Kier alpha value is -3.67. The van der Waals surface area contributed by atoms with Gasteiger partial charge in [-0.1, -0.05) is 227 Å². The lowest BCUT2D eigenvalue weighted by Crippen LogP contribution is -2.30. The second-order valence-electron chi connectivity index (χ2n) is 16.4. The predicted molar refractivity (Wildman–Crippen MR) is 265 cm³/mol. The van der Waals surface area contributed by atoms with Crippen molar-refractivity contribution < 1.29 is 28.6 Å². The Bertz CT molecular complexity index is 1260. The first-order chi connectivity index (χ1) is 30.5. The van der Waals surface area contributed by atoms with E-state index in [9.17, 15) is 14.4 Å². The highest BCUT2D eigenvalue weighted by atomic mass is 16.6. The average molecular weight is 861 g/mol. The minimum absolute atomic E-state index is 0.0987. The average Bonchev–Trinajstić information content (AvgIpc) is 3.27. The number of rotatable bonds is 44. The summed E-state index contributed by atoms with van der Waals surface area (Å²) in [5.74, 6) is -0.957. The van der Waals surface area contributed by atoms with Crippen LogP contribution in [0.25, 0.3) is 0 Å². The number of allylic oxidation sites excluding steroid dienone is 16. The Morgan fingerprint density at radius 3 is 1.19 bits per heavy atom. The number of hydrogen-bond donors (Lipinski definition) is 0. The summed E-state index contributed by atoms with van der Waals surface area (Å²) >= 11 is 0. The molecule has 0 rings (SSSR count). The van der Waals surface area contributed by atoms with Crippen molar-refractivity contribution in [2.24, 2.45) is 0 Å². The van der Waals surface area contributed by atoms with Crippen LogP contribution in [-0.4, -0.2) is 37.2 Å². The van der Waals surface area contributed by atoms with Crippen molar-refractivity contribution in [3.63, 3.8) is 0 Å². The SMILES string of the molecule is CC\C=C/C=C\C=C/C=C\C=C/CCCCCC(=O)OC(COC(=O)CCCCCCCC/C=C\C/C=C\C/C=C\CC)COC(=O)CCCCCCCCCCCCCCC. The third-order valence-electron chi connectivity index (χ3n) is 10.5. The van der Waals surface area contributed by atoms with Gasteiger partial charge in [-0.25, -0.2) is 0 Å². The molecular weight excluding hydrogens is 769 g/mol. The summed E-state index contributed by atoms with van der Waals surface area (Å²) in [4.78, 5) is 37.9. The van der Waals surface area contributed by atoms with E-state index in [0.29, 0.717) is 19.3 Å². The van der Waals surface area contributed by atoms with Gasteiger partial charge in [0.2, 0.25) is 0 Å². The molecule has 6 nitrogen and oxygen atoms in total. The fourth-order valence-electron chi connectivity index (χ4n) is 6.71. The molecule has 6 heteroatoms. The van der Waals surface area contributed by atoms with Gasteiger partial charge in [0.15, 0.2) is 6.10 Å². The van der Waals surface area contributed by atoms with Gasteiger partial charge in [-0.05, 0) is 70.6 Å². The van der Waals surface area contributed by atoms with Gasteiger partial charge in [0.1, 0.15) is 13.2 Å². The molecule has 1 atom stereocenters. The summed E-state index contributed by atoms with van der Waals surface area (Å²) < 4.78 is 16.7. The van der Waals surface area contributed by atoms with Gasteiger partial charge in [-0.3, -0.25) is 14.4 Å². The van der Waals surface area contributed by atoms with E-state index in [4.69, 9.17) is 14.2 Å². The van der Waals surface area contributed by atoms with Crippen molar-refractivity contribution >= 4 is 17.9 Å². The summed E-state index contributed by atoms with van der Waals surface area (Å²) in [6.07, 6.45) is 65.3. The minimum atomic E-state index is -0.804. The minimum Gasteiger partial charge on any atom is -0.462 e. The smallest absolute Gasteiger partial charge is 0.306 e.